The Morgan fingerprint density at radius 1 is 1.12 bits per heavy atom. The summed E-state index contributed by atoms with van der Waals surface area (Å²) in [4.78, 5) is 50.2. The molecule has 0 bridgehead atoms. The lowest BCUT2D eigenvalue weighted by atomic mass is 10.1. The Kier molecular flexibility index (Phi) is 4.96. The third-order valence-corrected chi connectivity index (χ3v) is 4.79. The Labute approximate surface area is 146 Å². The summed E-state index contributed by atoms with van der Waals surface area (Å²) >= 11 is 0. The van der Waals surface area contributed by atoms with Gasteiger partial charge in [-0.15, -0.1) is 0 Å². The first-order chi connectivity index (χ1) is 12.0. The second kappa shape index (κ2) is 7.16. The monoisotopic (exact) mass is 345 g/mol. The molecule has 1 atom stereocenters. The largest absolute Gasteiger partial charge is 0.339 e. The summed E-state index contributed by atoms with van der Waals surface area (Å²) in [5.74, 6) is -0.368. The van der Waals surface area contributed by atoms with E-state index in [2.05, 4.69) is 9.97 Å². The van der Waals surface area contributed by atoms with Gasteiger partial charge in [0.05, 0.1) is 12.1 Å². The summed E-state index contributed by atoms with van der Waals surface area (Å²) < 4.78 is 0. The minimum Gasteiger partial charge on any atom is -0.339 e. The molecule has 8 heteroatoms. The Morgan fingerprint density at radius 3 is 2.36 bits per heavy atom. The highest BCUT2D eigenvalue weighted by Gasteiger charge is 2.38. The quantitative estimate of drug-likeness (QED) is 0.771. The van der Waals surface area contributed by atoms with E-state index in [0.29, 0.717) is 38.4 Å². The van der Waals surface area contributed by atoms with Crippen LogP contribution in [0.2, 0.25) is 0 Å². The minimum atomic E-state index is -0.267. The van der Waals surface area contributed by atoms with Crippen LogP contribution in [-0.2, 0) is 9.59 Å². The topological polar surface area (TPSA) is 86.7 Å². The van der Waals surface area contributed by atoms with Gasteiger partial charge in [-0.2, -0.15) is 0 Å². The fourth-order valence-corrected chi connectivity index (χ4v) is 3.36. The van der Waals surface area contributed by atoms with E-state index in [-0.39, 0.29) is 36.1 Å². The fraction of sp³-hybridized carbons (Fsp3) is 0.588. The first-order valence-corrected chi connectivity index (χ1v) is 8.61. The second-order valence-electron chi connectivity index (χ2n) is 6.75. The zero-order valence-electron chi connectivity index (χ0n) is 14.6. The van der Waals surface area contributed by atoms with Gasteiger partial charge in [-0.05, 0) is 13.8 Å². The van der Waals surface area contributed by atoms with Crippen molar-refractivity contribution < 1.29 is 14.4 Å². The van der Waals surface area contributed by atoms with Crippen molar-refractivity contribution in [3.05, 3.63) is 24.3 Å². The molecule has 0 spiro atoms. The Morgan fingerprint density at radius 2 is 1.80 bits per heavy atom. The third-order valence-electron chi connectivity index (χ3n) is 4.79. The van der Waals surface area contributed by atoms with Crippen LogP contribution in [0.25, 0.3) is 0 Å². The summed E-state index contributed by atoms with van der Waals surface area (Å²) in [7, 11) is 0. The number of piperazine rings is 1. The van der Waals surface area contributed by atoms with Gasteiger partial charge in [-0.25, -0.2) is 4.98 Å². The van der Waals surface area contributed by atoms with Gasteiger partial charge >= 0.3 is 0 Å². The lowest BCUT2D eigenvalue weighted by molar-refractivity contribution is -0.137. The van der Waals surface area contributed by atoms with Crippen molar-refractivity contribution in [1.29, 1.82) is 0 Å². The van der Waals surface area contributed by atoms with Crippen LogP contribution in [0.4, 0.5) is 0 Å². The zero-order chi connectivity index (χ0) is 18.0. The number of amides is 3. The second-order valence-corrected chi connectivity index (χ2v) is 6.75. The molecule has 2 saturated heterocycles. The first kappa shape index (κ1) is 17.3. The lowest BCUT2D eigenvalue weighted by Crippen LogP contribution is -2.52. The van der Waals surface area contributed by atoms with Crippen molar-refractivity contribution in [2.24, 2.45) is 5.92 Å². The minimum absolute atomic E-state index is 0.0168. The molecule has 3 rings (SSSR count). The van der Waals surface area contributed by atoms with Crippen molar-refractivity contribution in [3.63, 3.8) is 0 Å². The Balaban J connectivity index is 1.55. The van der Waals surface area contributed by atoms with Crippen molar-refractivity contribution in [3.8, 4) is 0 Å². The number of likely N-dealkylation sites (tertiary alicyclic amines) is 1. The van der Waals surface area contributed by atoms with Crippen LogP contribution in [0.5, 0.6) is 0 Å². The van der Waals surface area contributed by atoms with Crippen LogP contribution < -0.4 is 0 Å². The SMILES string of the molecule is CC(C)N1CC(C(=O)N2CCN(C(=O)c3cnccn3)CC2)CC1=O. The standard InChI is InChI=1S/C17H23N5O3/c1-12(2)22-11-13(9-15(22)23)16(24)20-5-7-21(8-6-20)17(25)14-10-18-3-4-19-14/h3-4,10,12-13H,5-9,11H2,1-2H3. The molecule has 25 heavy (non-hydrogen) atoms. The predicted octanol–water partition coefficient (Wildman–Crippen LogP) is 0.0179. The smallest absolute Gasteiger partial charge is 0.274 e. The first-order valence-electron chi connectivity index (χ1n) is 8.61. The number of hydrogen-bond acceptors (Lipinski definition) is 5. The predicted molar refractivity (Wildman–Crippen MR) is 89.5 cm³/mol. The molecule has 1 aromatic rings. The fourth-order valence-electron chi connectivity index (χ4n) is 3.36. The molecule has 2 aliphatic rings. The van der Waals surface area contributed by atoms with Crippen molar-refractivity contribution in [1.82, 2.24) is 24.7 Å². The molecule has 8 nitrogen and oxygen atoms in total. The summed E-state index contributed by atoms with van der Waals surface area (Å²) in [6.45, 7) is 6.32. The molecule has 0 saturated carbocycles. The Bertz CT molecular complexity index is 656. The van der Waals surface area contributed by atoms with Crippen molar-refractivity contribution in [2.45, 2.75) is 26.3 Å². The van der Waals surface area contributed by atoms with E-state index < -0.39 is 0 Å². The molecule has 3 amide bonds. The molecule has 2 fully saturated rings. The van der Waals surface area contributed by atoms with E-state index in [4.69, 9.17) is 0 Å². The van der Waals surface area contributed by atoms with Gasteiger partial charge in [-0.1, -0.05) is 0 Å². The maximum Gasteiger partial charge on any atom is 0.274 e. The van der Waals surface area contributed by atoms with Crippen LogP contribution in [0, 0.1) is 5.92 Å². The van der Waals surface area contributed by atoms with E-state index in [1.54, 1.807) is 14.7 Å². The summed E-state index contributed by atoms with van der Waals surface area (Å²) in [6, 6.07) is 0.117. The highest BCUT2D eigenvalue weighted by molar-refractivity contribution is 5.92. The number of nitrogens with zero attached hydrogens (tertiary/aromatic N) is 5. The maximum atomic E-state index is 12.7. The number of hydrogen-bond donors (Lipinski definition) is 0. The molecule has 0 N–H and O–H groups in total. The van der Waals surface area contributed by atoms with Crippen LogP contribution >= 0.6 is 0 Å². The number of aromatic nitrogens is 2. The third kappa shape index (κ3) is 3.62. The highest BCUT2D eigenvalue weighted by atomic mass is 16.2. The summed E-state index contributed by atoms with van der Waals surface area (Å²) in [5, 5.41) is 0. The maximum absolute atomic E-state index is 12.7. The van der Waals surface area contributed by atoms with E-state index in [1.807, 2.05) is 13.8 Å². The van der Waals surface area contributed by atoms with Crippen LogP contribution in [0.1, 0.15) is 30.8 Å². The van der Waals surface area contributed by atoms with Gasteiger partial charge in [0.15, 0.2) is 0 Å². The van der Waals surface area contributed by atoms with E-state index >= 15 is 0 Å². The van der Waals surface area contributed by atoms with Gasteiger partial charge in [0, 0.05) is 57.6 Å². The normalized spacial score (nSPS) is 21.2. The highest BCUT2D eigenvalue weighted by Crippen LogP contribution is 2.22. The molecule has 3 heterocycles. The van der Waals surface area contributed by atoms with Gasteiger partial charge in [-0.3, -0.25) is 19.4 Å². The zero-order valence-corrected chi connectivity index (χ0v) is 14.6. The van der Waals surface area contributed by atoms with Crippen LogP contribution in [-0.4, -0.2) is 81.2 Å². The van der Waals surface area contributed by atoms with Gasteiger partial charge < -0.3 is 14.7 Å². The number of carbonyl (C=O) groups is 3. The number of carbonyl (C=O) groups excluding carboxylic acids is 3. The van der Waals surface area contributed by atoms with E-state index in [9.17, 15) is 14.4 Å². The van der Waals surface area contributed by atoms with Crippen LogP contribution in [0.15, 0.2) is 18.6 Å². The lowest BCUT2D eigenvalue weighted by Gasteiger charge is -2.35. The van der Waals surface area contributed by atoms with E-state index in [1.165, 1.54) is 18.6 Å². The molecular weight excluding hydrogens is 322 g/mol. The summed E-state index contributed by atoms with van der Waals surface area (Å²) in [5.41, 5.74) is 0.316. The van der Waals surface area contributed by atoms with Gasteiger partial charge in [0.1, 0.15) is 5.69 Å². The van der Waals surface area contributed by atoms with Gasteiger partial charge in [0.25, 0.3) is 5.91 Å². The average Bonchev–Trinajstić information content (AvgIpc) is 3.03. The molecule has 0 aromatic carbocycles. The van der Waals surface area contributed by atoms with Crippen molar-refractivity contribution >= 4 is 17.7 Å². The summed E-state index contributed by atoms with van der Waals surface area (Å²) in [6.07, 6.45) is 4.75. The molecule has 1 unspecified atom stereocenters. The van der Waals surface area contributed by atoms with E-state index in [0.717, 1.165) is 0 Å². The van der Waals surface area contributed by atoms with Gasteiger partial charge in [0.2, 0.25) is 11.8 Å². The average molecular weight is 345 g/mol. The number of rotatable bonds is 3. The molecule has 0 radical (unpaired) electrons. The molecule has 134 valence electrons. The van der Waals surface area contributed by atoms with Crippen molar-refractivity contribution in [2.75, 3.05) is 32.7 Å². The molecule has 2 aliphatic heterocycles. The molecular formula is C17H23N5O3. The van der Waals surface area contributed by atoms with Crippen LogP contribution in [0.3, 0.4) is 0 Å². The molecule has 1 aromatic heterocycles. The Hall–Kier alpha value is -2.51. The molecule has 0 aliphatic carbocycles.